The first-order chi connectivity index (χ1) is 13.1. The van der Waals surface area contributed by atoms with Crippen molar-refractivity contribution in [3.63, 3.8) is 0 Å². The van der Waals surface area contributed by atoms with Crippen LogP contribution in [0.3, 0.4) is 0 Å². The second kappa shape index (κ2) is 13.6. The molecule has 2 rings (SSSR count). The van der Waals surface area contributed by atoms with E-state index in [1.807, 2.05) is 42.5 Å². The number of aryl methyl sites for hydroxylation is 1. The van der Waals surface area contributed by atoms with Crippen molar-refractivity contribution in [3.05, 3.63) is 65.7 Å². The first kappa shape index (κ1) is 24.5. The molecular weight excluding hydrogens is 394 g/mol. The largest absolute Gasteiger partial charge is 0.490 e. The fourth-order valence-corrected chi connectivity index (χ4v) is 3.37. The Bertz CT molecular complexity index is 699. The van der Waals surface area contributed by atoms with Gasteiger partial charge < -0.3 is 15.2 Å². The fraction of sp³-hybridized carbons (Fsp3) is 0.409. The summed E-state index contributed by atoms with van der Waals surface area (Å²) in [5.74, 6) is 1.58. The molecule has 6 heteroatoms. The van der Waals surface area contributed by atoms with Crippen LogP contribution in [0.5, 0.6) is 5.75 Å². The summed E-state index contributed by atoms with van der Waals surface area (Å²) in [7, 11) is 0. The van der Waals surface area contributed by atoms with Gasteiger partial charge in [0, 0.05) is 24.8 Å². The van der Waals surface area contributed by atoms with Crippen molar-refractivity contribution in [2.75, 3.05) is 25.2 Å². The number of aliphatic hydroxyl groups excluding tert-OH is 1. The molecule has 0 aliphatic heterocycles. The average Bonchev–Trinajstić information content (AvgIpc) is 2.70. The van der Waals surface area contributed by atoms with Crippen LogP contribution < -0.4 is 10.1 Å². The molecule has 0 fully saturated rings. The molecule has 0 amide bonds. The first-order valence-electron chi connectivity index (χ1n) is 9.29. The topological polar surface area (TPSA) is 58.6 Å². The number of halogens is 1. The van der Waals surface area contributed by atoms with Crippen LogP contribution >= 0.6 is 24.2 Å². The molecule has 28 heavy (non-hydrogen) atoms. The maximum atomic E-state index is 12.6. The zero-order valence-electron chi connectivity index (χ0n) is 16.5. The molecule has 4 nitrogen and oxygen atoms in total. The summed E-state index contributed by atoms with van der Waals surface area (Å²) in [5.41, 5.74) is 1.72. The minimum atomic E-state index is -0.623. The van der Waals surface area contributed by atoms with E-state index in [0.29, 0.717) is 36.7 Å². The van der Waals surface area contributed by atoms with Crippen molar-refractivity contribution in [1.29, 1.82) is 0 Å². The molecule has 2 atom stereocenters. The number of thioether (sulfide) groups is 1. The van der Waals surface area contributed by atoms with Gasteiger partial charge in [0.05, 0.1) is 5.56 Å². The number of carbonyl (C=O) groups excluding carboxylic acids is 1. The van der Waals surface area contributed by atoms with E-state index in [1.54, 1.807) is 23.9 Å². The van der Waals surface area contributed by atoms with E-state index in [1.165, 1.54) is 0 Å². The second-order valence-corrected chi connectivity index (χ2v) is 7.55. The highest BCUT2D eigenvalue weighted by atomic mass is 35.5. The number of hydrogen-bond acceptors (Lipinski definition) is 5. The van der Waals surface area contributed by atoms with E-state index in [4.69, 9.17) is 4.74 Å². The molecule has 0 bridgehead atoms. The zero-order chi connectivity index (χ0) is 19.5. The second-order valence-electron chi connectivity index (χ2n) is 6.63. The average molecular weight is 424 g/mol. The van der Waals surface area contributed by atoms with Crippen LogP contribution in [0.15, 0.2) is 54.6 Å². The molecule has 0 radical (unpaired) electrons. The van der Waals surface area contributed by atoms with Gasteiger partial charge in [-0.15, -0.1) is 12.4 Å². The predicted octanol–water partition coefficient (Wildman–Crippen LogP) is 4.00. The monoisotopic (exact) mass is 423 g/mol. The van der Waals surface area contributed by atoms with E-state index >= 15 is 0 Å². The molecule has 154 valence electrons. The third-order valence-corrected chi connectivity index (χ3v) is 5.05. The fourth-order valence-electron chi connectivity index (χ4n) is 2.75. The van der Waals surface area contributed by atoms with Gasteiger partial charge in [0.1, 0.15) is 18.5 Å². The summed E-state index contributed by atoms with van der Waals surface area (Å²) in [4.78, 5) is 12.6. The lowest BCUT2D eigenvalue weighted by Gasteiger charge is -2.18. The summed E-state index contributed by atoms with van der Waals surface area (Å²) < 4.78 is 5.75. The normalized spacial score (nSPS) is 12.7. The Hall–Kier alpha value is -1.53. The summed E-state index contributed by atoms with van der Waals surface area (Å²) in [6.07, 6.45) is 2.57. The Kier molecular flexibility index (Phi) is 11.9. The molecule has 0 heterocycles. The molecule has 0 aliphatic carbocycles. The van der Waals surface area contributed by atoms with Gasteiger partial charge in [-0.1, -0.05) is 42.5 Å². The van der Waals surface area contributed by atoms with Gasteiger partial charge in [-0.3, -0.25) is 4.79 Å². The molecule has 2 unspecified atom stereocenters. The van der Waals surface area contributed by atoms with Gasteiger partial charge in [-0.2, -0.15) is 11.8 Å². The van der Waals surface area contributed by atoms with E-state index in [2.05, 4.69) is 18.5 Å². The number of aliphatic hydroxyl groups is 1. The van der Waals surface area contributed by atoms with Gasteiger partial charge in [0.2, 0.25) is 0 Å². The summed E-state index contributed by atoms with van der Waals surface area (Å²) in [5, 5.41) is 13.4. The highest BCUT2D eigenvalue weighted by Crippen LogP contribution is 2.21. The SMILES string of the molecule is CSCC(C)NCC(O)COc1ccccc1C(=O)CCc1ccccc1.Cl. The van der Waals surface area contributed by atoms with Gasteiger partial charge in [-0.25, -0.2) is 0 Å². The summed E-state index contributed by atoms with van der Waals surface area (Å²) in [6.45, 7) is 2.71. The zero-order valence-corrected chi connectivity index (χ0v) is 18.1. The molecular formula is C22H30ClNO3S. The van der Waals surface area contributed by atoms with Crippen LogP contribution in [0.4, 0.5) is 0 Å². The van der Waals surface area contributed by atoms with E-state index in [9.17, 15) is 9.90 Å². The van der Waals surface area contributed by atoms with E-state index in [-0.39, 0.29) is 24.8 Å². The van der Waals surface area contributed by atoms with Crippen LogP contribution in [0.2, 0.25) is 0 Å². The Balaban J connectivity index is 0.00000392. The lowest BCUT2D eigenvalue weighted by molar-refractivity contribution is 0.0947. The van der Waals surface area contributed by atoms with E-state index < -0.39 is 6.10 Å². The molecule has 2 aromatic carbocycles. The third kappa shape index (κ3) is 8.65. The summed E-state index contributed by atoms with van der Waals surface area (Å²) in [6, 6.07) is 17.6. The standard InChI is InChI=1S/C22H29NO3S.ClH/c1-17(16-27-2)23-14-19(24)15-26-22-11-7-6-10-20(22)21(25)13-12-18-8-4-3-5-9-18;/h3-11,17,19,23-24H,12-16H2,1-2H3;1H. The lowest BCUT2D eigenvalue weighted by atomic mass is 10.0. The maximum absolute atomic E-state index is 12.6. The number of hydrogen-bond donors (Lipinski definition) is 2. The van der Waals surface area contributed by atoms with Crippen molar-refractivity contribution in [2.45, 2.75) is 31.9 Å². The maximum Gasteiger partial charge on any atom is 0.166 e. The van der Waals surface area contributed by atoms with Crippen molar-refractivity contribution >= 4 is 30.0 Å². The predicted molar refractivity (Wildman–Crippen MR) is 120 cm³/mol. The highest BCUT2D eigenvalue weighted by Gasteiger charge is 2.14. The molecule has 2 N–H and O–H groups in total. The molecule has 0 saturated heterocycles. The minimum Gasteiger partial charge on any atom is -0.490 e. The van der Waals surface area contributed by atoms with Gasteiger partial charge in [0.25, 0.3) is 0 Å². The van der Waals surface area contributed by atoms with E-state index in [0.717, 1.165) is 11.3 Å². The number of carbonyl (C=O) groups is 1. The highest BCUT2D eigenvalue weighted by molar-refractivity contribution is 7.98. The Morgan fingerprint density at radius 2 is 1.82 bits per heavy atom. The molecule has 2 aromatic rings. The van der Waals surface area contributed by atoms with Crippen LogP contribution in [-0.2, 0) is 6.42 Å². The number of rotatable bonds is 12. The Morgan fingerprint density at radius 1 is 1.14 bits per heavy atom. The number of ether oxygens (including phenoxy) is 1. The van der Waals surface area contributed by atoms with Crippen LogP contribution in [0.1, 0.15) is 29.3 Å². The minimum absolute atomic E-state index is 0. The third-order valence-electron chi connectivity index (χ3n) is 4.22. The Morgan fingerprint density at radius 3 is 2.54 bits per heavy atom. The summed E-state index contributed by atoms with van der Waals surface area (Å²) >= 11 is 1.77. The smallest absolute Gasteiger partial charge is 0.166 e. The molecule has 0 saturated carbocycles. The lowest BCUT2D eigenvalue weighted by Crippen LogP contribution is -2.37. The van der Waals surface area contributed by atoms with Crippen LogP contribution in [0.25, 0.3) is 0 Å². The Labute approximate surface area is 178 Å². The van der Waals surface area contributed by atoms with Crippen molar-refractivity contribution < 1.29 is 14.6 Å². The van der Waals surface area contributed by atoms with Gasteiger partial charge in [0.15, 0.2) is 5.78 Å². The van der Waals surface area contributed by atoms with Crippen LogP contribution in [-0.4, -0.2) is 48.2 Å². The van der Waals surface area contributed by atoms with Gasteiger partial charge >= 0.3 is 0 Å². The molecule has 0 aliphatic rings. The first-order valence-corrected chi connectivity index (χ1v) is 10.7. The number of ketones is 1. The van der Waals surface area contributed by atoms with Crippen molar-refractivity contribution in [2.24, 2.45) is 0 Å². The number of benzene rings is 2. The van der Waals surface area contributed by atoms with Crippen molar-refractivity contribution in [1.82, 2.24) is 5.32 Å². The number of Topliss-reactive ketones (excluding diaryl/α,β-unsaturated/α-hetero) is 1. The number of para-hydroxylation sites is 1. The van der Waals surface area contributed by atoms with Crippen LogP contribution in [0, 0.1) is 0 Å². The van der Waals surface area contributed by atoms with Gasteiger partial charge in [-0.05, 0) is 37.3 Å². The molecule has 0 spiro atoms. The number of nitrogens with one attached hydrogen (secondary N) is 1. The van der Waals surface area contributed by atoms with Crippen molar-refractivity contribution in [3.8, 4) is 5.75 Å². The quantitative estimate of drug-likeness (QED) is 0.505. The molecule has 0 aromatic heterocycles.